The molecule has 1 aliphatic carbocycles. The van der Waals surface area contributed by atoms with Crippen LogP contribution >= 0.6 is 0 Å². The van der Waals surface area contributed by atoms with E-state index in [1.54, 1.807) is 11.9 Å². The minimum absolute atomic E-state index is 0.00944. The van der Waals surface area contributed by atoms with E-state index in [4.69, 9.17) is 4.74 Å². The maximum atomic E-state index is 13.2. The lowest BCUT2D eigenvalue weighted by Gasteiger charge is -2.35. The van der Waals surface area contributed by atoms with Crippen LogP contribution in [0.5, 0.6) is 0 Å². The Morgan fingerprint density at radius 3 is 2.32 bits per heavy atom. The second-order valence-corrected chi connectivity index (χ2v) is 9.22. The van der Waals surface area contributed by atoms with Gasteiger partial charge in [0.15, 0.2) is 0 Å². The summed E-state index contributed by atoms with van der Waals surface area (Å²) in [5.41, 5.74) is 0.996. The largest absolute Gasteiger partial charge is 0.461 e. The molecule has 0 spiro atoms. The predicted octanol–water partition coefficient (Wildman–Crippen LogP) is 2.81. The average molecular weight is 470 g/mol. The number of nitrogens with zero attached hydrogens (tertiary/aromatic N) is 3. The lowest BCUT2D eigenvalue weighted by molar-refractivity contribution is -0.135. The van der Waals surface area contributed by atoms with Crippen molar-refractivity contribution in [3.63, 3.8) is 0 Å². The second-order valence-electron chi connectivity index (χ2n) is 9.22. The molecule has 2 N–H and O–H groups in total. The number of carbonyl (C=O) groups is 3. The van der Waals surface area contributed by atoms with Crippen molar-refractivity contribution in [3.8, 4) is 0 Å². The number of hydrogen-bond donors (Lipinski definition) is 2. The highest BCUT2D eigenvalue weighted by molar-refractivity contribution is 6.38. The molecule has 1 unspecified atom stereocenters. The maximum Gasteiger partial charge on any atom is 0.354 e. The minimum atomic E-state index is -0.616. The summed E-state index contributed by atoms with van der Waals surface area (Å²) < 4.78 is 5.11. The average Bonchev–Trinajstić information content (AvgIpc) is 3.32. The molecule has 3 aliphatic rings. The Balaban J connectivity index is 1.32. The van der Waals surface area contributed by atoms with E-state index in [-0.39, 0.29) is 36.7 Å². The van der Waals surface area contributed by atoms with Crippen LogP contribution in [0.4, 0.5) is 10.5 Å². The number of nitrogens with one attached hydrogen (secondary N) is 2. The molecular formula is C25H35N5O4. The third kappa shape index (κ3) is 5.87. The molecule has 2 fully saturated rings. The van der Waals surface area contributed by atoms with Crippen LogP contribution in [-0.4, -0.2) is 66.3 Å². The number of ether oxygens (including phenoxy) is 1. The fourth-order valence-electron chi connectivity index (χ4n) is 4.91. The number of amides is 3. The van der Waals surface area contributed by atoms with Gasteiger partial charge in [-0.1, -0.05) is 37.5 Å². The van der Waals surface area contributed by atoms with Gasteiger partial charge in [0.05, 0.1) is 12.3 Å². The summed E-state index contributed by atoms with van der Waals surface area (Å²) in [5.74, 6) is -0.659. The number of rotatable bonds is 6. The zero-order valence-electron chi connectivity index (χ0n) is 19.9. The molecule has 9 heteroatoms. The molecule has 34 heavy (non-hydrogen) atoms. The Hall–Kier alpha value is -3.10. The molecule has 0 radical (unpaired) electrons. The first-order valence-electron chi connectivity index (χ1n) is 12.5. The minimum Gasteiger partial charge on any atom is -0.461 e. The monoisotopic (exact) mass is 469 g/mol. The van der Waals surface area contributed by atoms with Crippen molar-refractivity contribution in [3.05, 3.63) is 30.3 Å². The fraction of sp³-hybridized carbons (Fsp3) is 0.600. The van der Waals surface area contributed by atoms with Crippen LogP contribution in [0, 0.1) is 0 Å². The highest BCUT2D eigenvalue weighted by atomic mass is 16.5. The molecule has 1 atom stereocenters. The standard InChI is InChI=1S/C25H35N5O4/c1-2-34-24(32)21-17-22(30(28-21)20-11-7-4-8-12-20)23(31)26-19-13-15-29(16-14-19)25(33)27-18-9-5-3-6-10-18/h4,7-8,11-12,18-19,22H,2-3,5-6,9-10,13-17H2,1H3,(H,26,31)(H,27,33). The van der Waals surface area contributed by atoms with Crippen LogP contribution in [0.25, 0.3) is 0 Å². The van der Waals surface area contributed by atoms with Gasteiger partial charge in [-0.15, -0.1) is 0 Å². The zero-order chi connectivity index (χ0) is 23.9. The molecule has 4 rings (SSSR count). The Labute approximate surface area is 200 Å². The van der Waals surface area contributed by atoms with Crippen molar-refractivity contribution in [1.29, 1.82) is 0 Å². The molecule has 0 aromatic heterocycles. The van der Waals surface area contributed by atoms with E-state index in [1.807, 2.05) is 35.2 Å². The van der Waals surface area contributed by atoms with Gasteiger partial charge in [0, 0.05) is 31.6 Å². The van der Waals surface area contributed by atoms with Gasteiger partial charge in [-0.25, -0.2) is 9.59 Å². The van der Waals surface area contributed by atoms with Crippen LogP contribution in [0.2, 0.25) is 0 Å². The summed E-state index contributed by atoms with van der Waals surface area (Å²) >= 11 is 0. The molecule has 1 saturated carbocycles. The van der Waals surface area contributed by atoms with E-state index in [9.17, 15) is 14.4 Å². The molecule has 9 nitrogen and oxygen atoms in total. The smallest absolute Gasteiger partial charge is 0.354 e. The third-order valence-corrected chi connectivity index (χ3v) is 6.81. The first-order valence-corrected chi connectivity index (χ1v) is 12.5. The van der Waals surface area contributed by atoms with Gasteiger partial charge in [0.25, 0.3) is 0 Å². The Morgan fingerprint density at radius 2 is 1.65 bits per heavy atom. The van der Waals surface area contributed by atoms with E-state index >= 15 is 0 Å². The lowest BCUT2D eigenvalue weighted by atomic mass is 9.95. The SMILES string of the molecule is CCOC(=O)C1=NN(c2ccccc2)C(C(=O)NC2CCN(C(=O)NC3CCCCC3)CC2)C1. The highest BCUT2D eigenvalue weighted by Gasteiger charge is 2.38. The third-order valence-electron chi connectivity index (χ3n) is 6.81. The molecule has 2 heterocycles. The van der Waals surface area contributed by atoms with Crippen LogP contribution in [0.3, 0.4) is 0 Å². The molecule has 1 saturated heterocycles. The van der Waals surface area contributed by atoms with Crippen LogP contribution in [0.1, 0.15) is 58.3 Å². The number of urea groups is 1. The molecule has 184 valence electrons. The first kappa shape index (κ1) is 24.0. The van der Waals surface area contributed by atoms with Crippen molar-refractivity contribution >= 4 is 29.3 Å². The van der Waals surface area contributed by atoms with E-state index < -0.39 is 12.0 Å². The van der Waals surface area contributed by atoms with Gasteiger partial charge < -0.3 is 20.3 Å². The van der Waals surface area contributed by atoms with Crippen molar-refractivity contribution in [2.75, 3.05) is 24.7 Å². The number of piperidine rings is 1. The van der Waals surface area contributed by atoms with E-state index in [1.165, 1.54) is 19.3 Å². The number of esters is 1. The van der Waals surface area contributed by atoms with Crippen molar-refractivity contribution in [2.24, 2.45) is 5.10 Å². The van der Waals surface area contributed by atoms with Crippen LogP contribution < -0.4 is 15.6 Å². The van der Waals surface area contributed by atoms with Gasteiger partial charge in [-0.3, -0.25) is 9.80 Å². The number of hydrogen-bond acceptors (Lipinski definition) is 6. The summed E-state index contributed by atoms with van der Waals surface area (Å²) in [6, 6.07) is 9.02. The van der Waals surface area contributed by atoms with E-state index in [0.717, 1.165) is 18.5 Å². The summed E-state index contributed by atoms with van der Waals surface area (Å²) in [6.45, 7) is 3.23. The molecular weight excluding hydrogens is 434 g/mol. The topological polar surface area (TPSA) is 103 Å². The number of benzene rings is 1. The molecule has 0 bridgehead atoms. The summed E-state index contributed by atoms with van der Waals surface area (Å²) in [7, 11) is 0. The molecule has 1 aromatic rings. The van der Waals surface area contributed by atoms with Crippen molar-refractivity contribution < 1.29 is 19.1 Å². The number of para-hydroxylation sites is 1. The lowest BCUT2D eigenvalue weighted by Crippen LogP contribution is -2.53. The first-order chi connectivity index (χ1) is 16.5. The number of hydrazone groups is 1. The Morgan fingerprint density at radius 1 is 0.971 bits per heavy atom. The molecule has 1 aromatic carbocycles. The number of anilines is 1. The zero-order valence-corrected chi connectivity index (χ0v) is 19.9. The maximum absolute atomic E-state index is 13.2. The second kappa shape index (κ2) is 11.4. The fourth-order valence-corrected chi connectivity index (χ4v) is 4.91. The van der Waals surface area contributed by atoms with Gasteiger partial charge in [0.1, 0.15) is 11.8 Å². The van der Waals surface area contributed by atoms with Crippen molar-refractivity contribution in [2.45, 2.75) is 76.4 Å². The van der Waals surface area contributed by atoms with Gasteiger partial charge in [0.2, 0.25) is 5.91 Å². The summed E-state index contributed by atoms with van der Waals surface area (Å²) in [4.78, 5) is 40.0. The summed E-state index contributed by atoms with van der Waals surface area (Å²) in [5, 5.41) is 12.3. The number of likely N-dealkylation sites (tertiary alicyclic amines) is 1. The van der Waals surface area contributed by atoms with Crippen LogP contribution in [-0.2, 0) is 14.3 Å². The Bertz CT molecular complexity index is 892. The number of carbonyl (C=O) groups excluding carboxylic acids is 3. The van der Waals surface area contributed by atoms with E-state index in [0.29, 0.717) is 32.0 Å². The van der Waals surface area contributed by atoms with Gasteiger partial charge >= 0.3 is 12.0 Å². The normalized spacial score (nSPS) is 21.7. The van der Waals surface area contributed by atoms with E-state index in [2.05, 4.69) is 15.7 Å². The molecule has 2 aliphatic heterocycles. The molecule has 3 amide bonds. The van der Waals surface area contributed by atoms with Gasteiger partial charge in [-0.05, 0) is 44.7 Å². The summed E-state index contributed by atoms with van der Waals surface area (Å²) in [6.07, 6.45) is 7.35. The van der Waals surface area contributed by atoms with Crippen molar-refractivity contribution in [1.82, 2.24) is 15.5 Å². The Kier molecular flexibility index (Phi) is 8.03. The quantitative estimate of drug-likeness (QED) is 0.624. The van der Waals surface area contributed by atoms with Gasteiger partial charge in [-0.2, -0.15) is 5.10 Å². The predicted molar refractivity (Wildman–Crippen MR) is 130 cm³/mol. The van der Waals surface area contributed by atoms with Crippen LogP contribution in [0.15, 0.2) is 35.4 Å². The highest BCUT2D eigenvalue weighted by Crippen LogP contribution is 2.25.